The normalized spacial score (nSPS) is 10.5. The molecule has 5 heteroatoms. The fourth-order valence-electron chi connectivity index (χ4n) is 1.63. The van der Waals surface area contributed by atoms with Crippen molar-refractivity contribution in [2.45, 2.75) is 20.0 Å². The maximum Gasteiger partial charge on any atom is 0.250 e. The van der Waals surface area contributed by atoms with E-state index >= 15 is 0 Å². The minimum absolute atomic E-state index is 0.0265. The van der Waals surface area contributed by atoms with E-state index in [1.54, 1.807) is 23.0 Å². The molecule has 0 aliphatic heterocycles. The summed E-state index contributed by atoms with van der Waals surface area (Å²) in [5.74, 6) is 0. The smallest absolute Gasteiger partial charge is 0.250 e. The molecule has 0 atom stereocenters. The number of aryl methyl sites for hydroxylation is 2. The van der Waals surface area contributed by atoms with Gasteiger partial charge in [0.05, 0.1) is 24.3 Å². The predicted octanol–water partition coefficient (Wildman–Crippen LogP) is 1.21. The van der Waals surface area contributed by atoms with Crippen LogP contribution in [-0.4, -0.2) is 14.1 Å². The van der Waals surface area contributed by atoms with Crippen molar-refractivity contribution in [3.63, 3.8) is 0 Å². The molecule has 2 aromatic rings. The second-order valence-electron chi connectivity index (χ2n) is 3.89. The summed E-state index contributed by atoms with van der Waals surface area (Å²) < 4.78 is 3.63. The van der Waals surface area contributed by atoms with E-state index < -0.39 is 0 Å². The number of hydrogen-bond donors (Lipinski definition) is 1. The fourth-order valence-corrected chi connectivity index (χ4v) is 1.63. The van der Waals surface area contributed by atoms with Crippen molar-refractivity contribution in [3.8, 4) is 0 Å². The van der Waals surface area contributed by atoms with Gasteiger partial charge in [-0.3, -0.25) is 4.79 Å². The third kappa shape index (κ3) is 2.55. The molecule has 0 aliphatic carbocycles. The number of imidazole rings is 1. The Morgan fingerprint density at radius 3 is 2.88 bits per heavy atom. The number of hydrogen-bond acceptors (Lipinski definition) is 3. The lowest BCUT2D eigenvalue weighted by atomic mass is 10.3. The van der Waals surface area contributed by atoms with E-state index in [1.807, 2.05) is 30.9 Å². The number of aromatic nitrogens is 3. The maximum atomic E-state index is 11.4. The van der Waals surface area contributed by atoms with Crippen LogP contribution < -0.4 is 10.9 Å². The van der Waals surface area contributed by atoms with Gasteiger partial charge in [0, 0.05) is 32.1 Å². The summed E-state index contributed by atoms with van der Waals surface area (Å²) in [6.07, 6.45) is 5.42. The highest BCUT2D eigenvalue weighted by atomic mass is 16.1. The van der Waals surface area contributed by atoms with Crippen LogP contribution in [0.25, 0.3) is 0 Å². The van der Waals surface area contributed by atoms with Crippen LogP contribution in [0.15, 0.2) is 35.6 Å². The van der Waals surface area contributed by atoms with Crippen LogP contribution in [-0.2, 0) is 20.1 Å². The zero-order valence-electron chi connectivity index (χ0n) is 10.1. The molecule has 0 amide bonds. The third-order valence-corrected chi connectivity index (χ3v) is 2.71. The highest BCUT2D eigenvalue weighted by molar-refractivity contribution is 5.40. The van der Waals surface area contributed by atoms with Gasteiger partial charge in [-0.05, 0) is 13.0 Å². The minimum Gasteiger partial charge on any atom is -0.378 e. The largest absolute Gasteiger partial charge is 0.378 e. The number of nitrogens with one attached hydrogen (secondary N) is 1. The monoisotopic (exact) mass is 232 g/mol. The Kier molecular flexibility index (Phi) is 3.27. The third-order valence-electron chi connectivity index (χ3n) is 2.71. The van der Waals surface area contributed by atoms with Gasteiger partial charge in [0.1, 0.15) is 0 Å². The number of anilines is 1. The molecular weight excluding hydrogens is 216 g/mol. The number of pyridine rings is 1. The average molecular weight is 232 g/mol. The van der Waals surface area contributed by atoms with Gasteiger partial charge in [-0.15, -0.1) is 0 Å². The van der Waals surface area contributed by atoms with E-state index in [0.717, 1.165) is 11.4 Å². The van der Waals surface area contributed by atoms with E-state index in [-0.39, 0.29) is 5.56 Å². The zero-order valence-corrected chi connectivity index (χ0v) is 10.1. The van der Waals surface area contributed by atoms with Gasteiger partial charge in [-0.1, -0.05) is 0 Å². The Bertz CT molecular complexity index is 556. The molecule has 2 heterocycles. The fraction of sp³-hybridized carbons (Fsp3) is 0.333. The molecule has 2 aromatic heterocycles. The molecule has 0 bridgehead atoms. The Morgan fingerprint density at radius 1 is 1.41 bits per heavy atom. The Balaban J connectivity index is 2.09. The van der Waals surface area contributed by atoms with Crippen molar-refractivity contribution in [1.82, 2.24) is 14.1 Å². The average Bonchev–Trinajstić information content (AvgIpc) is 2.74. The first kappa shape index (κ1) is 11.4. The first-order valence-electron chi connectivity index (χ1n) is 5.60. The SMILES string of the molecule is CCn1cc(NCc2cncn2C)ccc1=O. The Hall–Kier alpha value is -2.04. The van der Waals surface area contributed by atoms with E-state index in [1.165, 1.54) is 0 Å². The summed E-state index contributed by atoms with van der Waals surface area (Å²) in [4.78, 5) is 15.5. The molecule has 17 heavy (non-hydrogen) atoms. The van der Waals surface area contributed by atoms with Gasteiger partial charge in [0.15, 0.2) is 0 Å². The summed E-state index contributed by atoms with van der Waals surface area (Å²) in [7, 11) is 1.96. The van der Waals surface area contributed by atoms with E-state index in [0.29, 0.717) is 13.1 Å². The van der Waals surface area contributed by atoms with Gasteiger partial charge in [-0.2, -0.15) is 0 Å². The standard InChI is InChI=1S/C12H16N4O/c1-3-16-8-10(4-5-12(16)17)14-7-11-6-13-9-15(11)2/h4-6,8-9,14H,3,7H2,1-2H3. The van der Waals surface area contributed by atoms with E-state index in [2.05, 4.69) is 10.3 Å². The van der Waals surface area contributed by atoms with Gasteiger partial charge in [0.2, 0.25) is 0 Å². The second-order valence-corrected chi connectivity index (χ2v) is 3.89. The topological polar surface area (TPSA) is 51.9 Å². The predicted molar refractivity (Wildman–Crippen MR) is 66.9 cm³/mol. The van der Waals surface area contributed by atoms with Crippen LogP contribution in [0.4, 0.5) is 5.69 Å². The molecule has 1 N–H and O–H groups in total. The van der Waals surface area contributed by atoms with Crippen LogP contribution in [0.2, 0.25) is 0 Å². The molecule has 0 saturated carbocycles. The van der Waals surface area contributed by atoms with Crippen LogP contribution in [0, 0.1) is 0 Å². The van der Waals surface area contributed by atoms with Gasteiger partial charge in [-0.25, -0.2) is 4.98 Å². The number of rotatable bonds is 4. The first-order valence-corrected chi connectivity index (χ1v) is 5.60. The minimum atomic E-state index is 0.0265. The molecular formula is C12H16N4O. The molecule has 0 aliphatic rings. The summed E-state index contributed by atoms with van der Waals surface area (Å²) in [6, 6.07) is 3.37. The van der Waals surface area contributed by atoms with Crippen molar-refractivity contribution in [1.29, 1.82) is 0 Å². The molecule has 0 saturated heterocycles. The summed E-state index contributed by atoms with van der Waals surface area (Å²) >= 11 is 0. The molecule has 0 radical (unpaired) electrons. The second kappa shape index (κ2) is 4.86. The lowest BCUT2D eigenvalue weighted by molar-refractivity contribution is 0.727. The quantitative estimate of drug-likeness (QED) is 0.862. The Morgan fingerprint density at radius 2 is 2.24 bits per heavy atom. The van der Waals surface area contributed by atoms with Crippen LogP contribution in [0.1, 0.15) is 12.6 Å². The molecule has 5 nitrogen and oxygen atoms in total. The summed E-state index contributed by atoms with van der Waals surface area (Å²) in [6.45, 7) is 3.32. The van der Waals surface area contributed by atoms with Crippen LogP contribution in [0.3, 0.4) is 0 Å². The van der Waals surface area contributed by atoms with E-state index in [4.69, 9.17) is 0 Å². The van der Waals surface area contributed by atoms with E-state index in [9.17, 15) is 4.79 Å². The molecule has 0 spiro atoms. The molecule has 90 valence electrons. The van der Waals surface area contributed by atoms with Gasteiger partial charge >= 0.3 is 0 Å². The molecule has 0 fully saturated rings. The van der Waals surface area contributed by atoms with Crippen molar-refractivity contribution in [2.24, 2.45) is 7.05 Å². The molecule has 2 rings (SSSR count). The van der Waals surface area contributed by atoms with Crippen molar-refractivity contribution in [3.05, 3.63) is 46.9 Å². The van der Waals surface area contributed by atoms with Gasteiger partial charge in [0.25, 0.3) is 5.56 Å². The van der Waals surface area contributed by atoms with Crippen LogP contribution in [0.5, 0.6) is 0 Å². The number of nitrogens with zero attached hydrogens (tertiary/aromatic N) is 3. The highest BCUT2D eigenvalue weighted by Gasteiger charge is 1.99. The van der Waals surface area contributed by atoms with Crippen LogP contribution >= 0.6 is 0 Å². The lowest BCUT2D eigenvalue weighted by Crippen LogP contribution is -2.18. The zero-order chi connectivity index (χ0) is 12.3. The highest BCUT2D eigenvalue weighted by Crippen LogP contribution is 2.06. The summed E-state index contributed by atoms with van der Waals surface area (Å²) in [5.41, 5.74) is 2.06. The lowest BCUT2D eigenvalue weighted by Gasteiger charge is -2.09. The summed E-state index contributed by atoms with van der Waals surface area (Å²) in [5, 5.41) is 3.27. The molecule has 0 aromatic carbocycles. The van der Waals surface area contributed by atoms with Crippen molar-refractivity contribution < 1.29 is 0 Å². The van der Waals surface area contributed by atoms with Crippen molar-refractivity contribution >= 4 is 5.69 Å². The Labute approximate surface area is 99.7 Å². The van der Waals surface area contributed by atoms with Crippen molar-refractivity contribution in [2.75, 3.05) is 5.32 Å². The maximum absolute atomic E-state index is 11.4. The first-order chi connectivity index (χ1) is 8.20. The molecule has 0 unspecified atom stereocenters. The van der Waals surface area contributed by atoms with Gasteiger partial charge < -0.3 is 14.5 Å².